The van der Waals surface area contributed by atoms with Gasteiger partial charge in [-0.2, -0.15) is 0 Å². The van der Waals surface area contributed by atoms with Crippen LogP contribution >= 0.6 is 11.6 Å². The molecule has 3 rings (SSSR count). The van der Waals surface area contributed by atoms with Crippen molar-refractivity contribution in [1.82, 2.24) is 5.32 Å². The first kappa shape index (κ1) is 14.4. The third kappa shape index (κ3) is 3.99. The molecule has 1 fully saturated rings. The predicted octanol–water partition coefficient (Wildman–Crippen LogP) is 4.23. The molecule has 0 atom stereocenters. The van der Waals surface area contributed by atoms with Crippen LogP contribution in [-0.2, 0) is 13.1 Å². The molecule has 2 aromatic rings. The minimum absolute atomic E-state index is 0.788. The number of hydrogen-bond donors (Lipinski definition) is 1. The quantitative estimate of drug-likeness (QED) is 0.889. The summed E-state index contributed by atoms with van der Waals surface area (Å²) in [7, 11) is 0. The number of rotatable bonds is 5. The first-order valence-corrected chi connectivity index (χ1v) is 7.98. The zero-order valence-electron chi connectivity index (χ0n) is 12.2. The van der Waals surface area contributed by atoms with Crippen LogP contribution < -0.4 is 10.2 Å². The highest BCUT2D eigenvalue weighted by atomic mass is 35.5. The molecular formula is C18H21ClN2. The van der Waals surface area contributed by atoms with E-state index in [2.05, 4.69) is 46.6 Å². The summed E-state index contributed by atoms with van der Waals surface area (Å²) in [4.78, 5) is 2.46. The van der Waals surface area contributed by atoms with Gasteiger partial charge >= 0.3 is 0 Å². The van der Waals surface area contributed by atoms with Gasteiger partial charge in [-0.05, 0) is 48.2 Å². The normalized spacial score (nSPS) is 14.6. The molecule has 1 aliphatic rings. The topological polar surface area (TPSA) is 15.3 Å². The van der Waals surface area contributed by atoms with Crippen LogP contribution in [-0.4, -0.2) is 13.1 Å². The zero-order valence-corrected chi connectivity index (χ0v) is 12.9. The molecule has 0 aromatic heterocycles. The minimum atomic E-state index is 0.788. The van der Waals surface area contributed by atoms with E-state index in [0.717, 1.165) is 18.1 Å². The van der Waals surface area contributed by atoms with Crippen molar-refractivity contribution in [1.29, 1.82) is 0 Å². The van der Waals surface area contributed by atoms with Crippen LogP contribution in [0.15, 0.2) is 48.5 Å². The van der Waals surface area contributed by atoms with Crippen LogP contribution in [0.25, 0.3) is 0 Å². The van der Waals surface area contributed by atoms with Gasteiger partial charge in [0.2, 0.25) is 0 Å². The van der Waals surface area contributed by atoms with Crippen molar-refractivity contribution < 1.29 is 0 Å². The highest BCUT2D eigenvalue weighted by molar-refractivity contribution is 6.30. The SMILES string of the molecule is Clc1ccc(CNCc2ccc(N3CCCC3)cc2)cc1. The van der Waals surface area contributed by atoms with Crippen molar-refractivity contribution in [2.24, 2.45) is 0 Å². The zero-order chi connectivity index (χ0) is 14.5. The summed E-state index contributed by atoms with van der Waals surface area (Å²) in [5.74, 6) is 0. The van der Waals surface area contributed by atoms with Crippen molar-refractivity contribution in [3.05, 3.63) is 64.7 Å². The Morgan fingerprint density at radius 1 is 0.810 bits per heavy atom. The second-order valence-electron chi connectivity index (χ2n) is 5.59. The fraction of sp³-hybridized carbons (Fsp3) is 0.333. The molecule has 2 nitrogen and oxygen atoms in total. The van der Waals surface area contributed by atoms with Gasteiger partial charge in [-0.15, -0.1) is 0 Å². The van der Waals surface area contributed by atoms with Crippen LogP contribution in [0.1, 0.15) is 24.0 Å². The lowest BCUT2D eigenvalue weighted by Gasteiger charge is -2.17. The van der Waals surface area contributed by atoms with Crippen LogP contribution in [0.2, 0.25) is 5.02 Å². The maximum Gasteiger partial charge on any atom is 0.0406 e. The molecule has 1 aliphatic heterocycles. The number of nitrogens with one attached hydrogen (secondary N) is 1. The number of nitrogens with zero attached hydrogens (tertiary/aromatic N) is 1. The van der Waals surface area contributed by atoms with Gasteiger partial charge in [-0.1, -0.05) is 35.9 Å². The van der Waals surface area contributed by atoms with Crippen molar-refractivity contribution in [3.63, 3.8) is 0 Å². The molecule has 1 saturated heterocycles. The third-order valence-corrected chi connectivity index (χ3v) is 4.23. The second kappa shape index (κ2) is 6.97. The molecule has 1 N–H and O–H groups in total. The largest absolute Gasteiger partial charge is 0.372 e. The van der Waals surface area contributed by atoms with Gasteiger partial charge in [-0.3, -0.25) is 0 Å². The first-order chi connectivity index (χ1) is 10.3. The Labute approximate surface area is 131 Å². The fourth-order valence-electron chi connectivity index (χ4n) is 2.75. The standard InChI is InChI=1S/C18H21ClN2/c19-17-7-3-15(4-8-17)13-20-14-16-5-9-18(10-6-16)21-11-1-2-12-21/h3-10,20H,1-2,11-14H2. The molecule has 3 heteroatoms. The Hall–Kier alpha value is -1.51. The van der Waals surface area contributed by atoms with E-state index in [4.69, 9.17) is 11.6 Å². The molecule has 0 spiro atoms. The Kier molecular flexibility index (Phi) is 4.79. The Balaban J connectivity index is 1.50. The van der Waals surface area contributed by atoms with Gasteiger partial charge in [0.05, 0.1) is 0 Å². The smallest absolute Gasteiger partial charge is 0.0406 e. The highest BCUT2D eigenvalue weighted by Crippen LogP contribution is 2.20. The monoisotopic (exact) mass is 300 g/mol. The van der Waals surface area contributed by atoms with E-state index in [1.165, 1.54) is 42.7 Å². The summed E-state index contributed by atoms with van der Waals surface area (Å²) in [6.45, 7) is 4.16. The summed E-state index contributed by atoms with van der Waals surface area (Å²) >= 11 is 5.89. The Morgan fingerprint density at radius 3 is 1.90 bits per heavy atom. The fourth-order valence-corrected chi connectivity index (χ4v) is 2.88. The molecule has 21 heavy (non-hydrogen) atoms. The molecule has 0 bridgehead atoms. The van der Waals surface area contributed by atoms with Gasteiger partial charge in [0.1, 0.15) is 0 Å². The summed E-state index contributed by atoms with van der Waals surface area (Å²) in [6, 6.07) is 16.9. The Morgan fingerprint density at radius 2 is 1.33 bits per heavy atom. The molecule has 0 radical (unpaired) electrons. The molecule has 0 amide bonds. The molecule has 0 saturated carbocycles. The molecule has 2 aromatic carbocycles. The first-order valence-electron chi connectivity index (χ1n) is 7.60. The minimum Gasteiger partial charge on any atom is -0.372 e. The van der Waals surface area contributed by atoms with Gasteiger partial charge in [-0.25, -0.2) is 0 Å². The van der Waals surface area contributed by atoms with Crippen molar-refractivity contribution in [3.8, 4) is 0 Å². The predicted molar refractivity (Wildman–Crippen MR) is 89.9 cm³/mol. The lowest BCUT2D eigenvalue weighted by Crippen LogP contribution is -2.17. The lowest BCUT2D eigenvalue weighted by molar-refractivity contribution is 0.693. The van der Waals surface area contributed by atoms with E-state index < -0.39 is 0 Å². The number of halogens is 1. The number of anilines is 1. The summed E-state index contributed by atoms with van der Waals surface area (Å²) < 4.78 is 0. The van der Waals surface area contributed by atoms with Gasteiger partial charge in [0, 0.05) is 36.9 Å². The van der Waals surface area contributed by atoms with Crippen molar-refractivity contribution in [2.75, 3.05) is 18.0 Å². The highest BCUT2D eigenvalue weighted by Gasteiger charge is 2.11. The van der Waals surface area contributed by atoms with Crippen LogP contribution in [0.3, 0.4) is 0 Å². The van der Waals surface area contributed by atoms with E-state index in [1.807, 2.05) is 12.1 Å². The molecule has 0 unspecified atom stereocenters. The van der Waals surface area contributed by atoms with Crippen LogP contribution in [0, 0.1) is 0 Å². The Bertz CT molecular complexity index is 557. The molecule has 0 aliphatic carbocycles. The van der Waals surface area contributed by atoms with E-state index >= 15 is 0 Å². The van der Waals surface area contributed by atoms with Crippen molar-refractivity contribution >= 4 is 17.3 Å². The van der Waals surface area contributed by atoms with E-state index in [0.29, 0.717) is 0 Å². The van der Waals surface area contributed by atoms with Crippen LogP contribution in [0.5, 0.6) is 0 Å². The number of benzene rings is 2. The summed E-state index contributed by atoms with van der Waals surface area (Å²) in [6.07, 6.45) is 2.65. The second-order valence-corrected chi connectivity index (χ2v) is 6.03. The summed E-state index contributed by atoms with van der Waals surface area (Å²) in [5.41, 5.74) is 3.94. The number of hydrogen-bond acceptors (Lipinski definition) is 2. The molecule has 110 valence electrons. The average Bonchev–Trinajstić information content (AvgIpc) is 3.04. The maximum atomic E-state index is 5.89. The molecule has 1 heterocycles. The van der Waals surface area contributed by atoms with E-state index in [-0.39, 0.29) is 0 Å². The average molecular weight is 301 g/mol. The van der Waals surface area contributed by atoms with E-state index in [9.17, 15) is 0 Å². The van der Waals surface area contributed by atoms with Gasteiger partial charge < -0.3 is 10.2 Å². The lowest BCUT2D eigenvalue weighted by atomic mass is 10.2. The third-order valence-electron chi connectivity index (χ3n) is 3.98. The van der Waals surface area contributed by atoms with Crippen molar-refractivity contribution in [2.45, 2.75) is 25.9 Å². The summed E-state index contributed by atoms with van der Waals surface area (Å²) in [5, 5.41) is 4.26. The van der Waals surface area contributed by atoms with Crippen LogP contribution in [0.4, 0.5) is 5.69 Å². The van der Waals surface area contributed by atoms with Gasteiger partial charge in [0.25, 0.3) is 0 Å². The molecular weight excluding hydrogens is 280 g/mol. The van der Waals surface area contributed by atoms with Gasteiger partial charge in [0.15, 0.2) is 0 Å². The van der Waals surface area contributed by atoms with E-state index in [1.54, 1.807) is 0 Å². The maximum absolute atomic E-state index is 5.89.